The predicted molar refractivity (Wildman–Crippen MR) is 204 cm³/mol. The summed E-state index contributed by atoms with van der Waals surface area (Å²) in [6.07, 6.45) is 0.249. The van der Waals surface area contributed by atoms with Crippen molar-refractivity contribution in [2.45, 2.75) is 135 Å². The fourth-order valence-corrected chi connectivity index (χ4v) is 6.84. The van der Waals surface area contributed by atoms with Gasteiger partial charge in [0.2, 0.25) is 35.3 Å². The number of amides is 6. The van der Waals surface area contributed by atoms with E-state index < -0.39 is 103 Å². The minimum atomic E-state index is -3.19. The lowest BCUT2D eigenvalue weighted by molar-refractivity contribution is -0.143. The molecule has 6 amide bonds. The van der Waals surface area contributed by atoms with E-state index in [-0.39, 0.29) is 37.6 Å². The topological polar surface area (TPSA) is 183 Å². The van der Waals surface area contributed by atoms with Gasteiger partial charge in [-0.3, -0.25) is 28.8 Å². The van der Waals surface area contributed by atoms with E-state index in [4.69, 9.17) is 4.74 Å². The zero-order chi connectivity index (χ0) is 41.8. The molecule has 4 N–H and O–H groups in total. The molecule has 2 heterocycles. The Morgan fingerprint density at radius 3 is 2.23 bits per heavy atom. The predicted octanol–water partition coefficient (Wildman–Crippen LogP) is 4.03. The molecule has 2 saturated heterocycles. The summed E-state index contributed by atoms with van der Waals surface area (Å²) < 4.78 is 35.7. The molecule has 0 saturated carbocycles. The molecule has 5 atom stereocenters. The third-order valence-corrected chi connectivity index (χ3v) is 10.1. The van der Waals surface area contributed by atoms with Gasteiger partial charge in [-0.05, 0) is 63.9 Å². The fourth-order valence-electron chi connectivity index (χ4n) is 6.84. The highest BCUT2D eigenvalue weighted by atomic mass is 19.3. The standard InChI is InChI=1S/C40H60F2N6O8/c1-25(2)27-22-30-34(51)44-28(33(50)35(52)43-23-31(49)46-32(37(54)47(6)7)26-16-12-11-13-17-26)19-21-40(41,42)20-15-10-8-9-14-18-29(36(53)48(30)24-27)45-38(55)56-39(3,4)5/h11-13,16-17,25,27-30,32H,8-10,14-15,18-24H2,1-7H3,(H,43,52)(H,44,51)(H,45,55)(H,46,49)/t27?,28-,29-,30-,32?/m0/s1. The Labute approximate surface area is 328 Å². The number of halogens is 2. The summed E-state index contributed by atoms with van der Waals surface area (Å²) >= 11 is 0. The monoisotopic (exact) mass is 790 g/mol. The zero-order valence-corrected chi connectivity index (χ0v) is 33.8. The van der Waals surface area contributed by atoms with Gasteiger partial charge in [-0.25, -0.2) is 13.6 Å². The number of nitrogens with one attached hydrogen (secondary N) is 4. The molecular weight excluding hydrogens is 730 g/mol. The van der Waals surface area contributed by atoms with Crippen molar-refractivity contribution in [2.24, 2.45) is 11.8 Å². The van der Waals surface area contributed by atoms with Crippen LogP contribution in [0.5, 0.6) is 0 Å². The van der Waals surface area contributed by atoms with Crippen LogP contribution in [0.25, 0.3) is 0 Å². The smallest absolute Gasteiger partial charge is 0.408 e. The summed E-state index contributed by atoms with van der Waals surface area (Å²) in [5.74, 6) is -8.38. The van der Waals surface area contributed by atoms with Crippen molar-refractivity contribution >= 4 is 41.4 Å². The van der Waals surface area contributed by atoms with Crippen molar-refractivity contribution in [3.05, 3.63) is 35.9 Å². The van der Waals surface area contributed by atoms with Crippen molar-refractivity contribution in [1.82, 2.24) is 31.1 Å². The van der Waals surface area contributed by atoms with Crippen LogP contribution < -0.4 is 21.3 Å². The Hall–Kier alpha value is -4.63. The van der Waals surface area contributed by atoms with E-state index in [9.17, 15) is 33.6 Å². The molecule has 56 heavy (non-hydrogen) atoms. The fraction of sp³-hybridized carbons (Fsp3) is 0.675. The number of carbonyl (C=O) groups excluding carboxylic acids is 7. The Bertz CT molecular complexity index is 1550. The van der Waals surface area contributed by atoms with Gasteiger partial charge in [0.1, 0.15) is 23.7 Å². The molecule has 312 valence electrons. The van der Waals surface area contributed by atoms with Gasteiger partial charge in [0, 0.05) is 33.5 Å². The van der Waals surface area contributed by atoms with Gasteiger partial charge >= 0.3 is 6.09 Å². The third kappa shape index (κ3) is 14.1. The molecule has 0 radical (unpaired) electrons. The lowest BCUT2D eigenvalue weighted by Crippen LogP contribution is -2.57. The van der Waals surface area contributed by atoms with Crippen LogP contribution >= 0.6 is 0 Å². The molecule has 2 fully saturated rings. The van der Waals surface area contributed by atoms with E-state index in [1.54, 1.807) is 51.1 Å². The van der Waals surface area contributed by atoms with E-state index in [1.165, 1.54) is 23.9 Å². The number of Topliss-reactive ketones (excluding diaryl/α,β-unsaturated/α-hetero) is 1. The number of rotatable bonds is 9. The van der Waals surface area contributed by atoms with Crippen molar-refractivity contribution in [2.75, 3.05) is 27.2 Å². The summed E-state index contributed by atoms with van der Waals surface area (Å²) in [6.45, 7) is 8.40. The number of hydrogen-bond acceptors (Lipinski definition) is 8. The second-order valence-corrected chi connectivity index (χ2v) is 16.4. The van der Waals surface area contributed by atoms with Crippen LogP contribution in [0.2, 0.25) is 0 Å². The first kappa shape index (κ1) is 45.8. The number of hydrogen-bond donors (Lipinski definition) is 4. The summed E-state index contributed by atoms with van der Waals surface area (Å²) in [6, 6.07) is 3.46. The lowest BCUT2D eigenvalue weighted by atomic mass is 9.93. The highest BCUT2D eigenvalue weighted by Gasteiger charge is 2.44. The molecule has 0 aliphatic carbocycles. The van der Waals surface area contributed by atoms with Crippen molar-refractivity contribution in [1.29, 1.82) is 0 Å². The van der Waals surface area contributed by atoms with E-state index in [0.29, 0.717) is 31.2 Å². The van der Waals surface area contributed by atoms with E-state index in [1.807, 2.05) is 13.8 Å². The van der Waals surface area contributed by atoms with Crippen LogP contribution in [0.4, 0.5) is 13.6 Å². The molecule has 2 aliphatic heterocycles. The number of carbonyl (C=O) groups is 7. The number of nitrogens with zero attached hydrogens (tertiary/aromatic N) is 2. The van der Waals surface area contributed by atoms with Crippen LogP contribution in [-0.4, -0.2) is 108 Å². The number of benzene rings is 1. The first-order valence-electron chi connectivity index (χ1n) is 19.5. The zero-order valence-electron chi connectivity index (χ0n) is 33.8. The molecule has 2 unspecified atom stereocenters. The van der Waals surface area contributed by atoms with Gasteiger partial charge in [0.25, 0.3) is 5.91 Å². The van der Waals surface area contributed by atoms with E-state index in [2.05, 4.69) is 21.3 Å². The highest BCUT2D eigenvalue weighted by Crippen LogP contribution is 2.32. The van der Waals surface area contributed by atoms with Crippen LogP contribution in [0.3, 0.4) is 0 Å². The first-order valence-corrected chi connectivity index (χ1v) is 19.5. The van der Waals surface area contributed by atoms with E-state index in [0.717, 1.165) is 0 Å². The average molecular weight is 791 g/mol. The molecule has 3 rings (SSSR count). The normalized spacial score (nSPS) is 23.1. The Morgan fingerprint density at radius 2 is 1.61 bits per heavy atom. The maximum absolute atomic E-state index is 15.1. The van der Waals surface area contributed by atoms with Crippen molar-refractivity contribution in [3.8, 4) is 0 Å². The number of likely N-dealkylation sites (N-methyl/N-ethyl adjacent to an activating group) is 1. The van der Waals surface area contributed by atoms with Gasteiger partial charge in [0.05, 0.1) is 12.6 Å². The molecule has 1 aromatic rings. The largest absolute Gasteiger partial charge is 0.444 e. The maximum Gasteiger partial charge on any atom is 0.408 e. The number of ether oxygens (including phenoxy) is 1. The number of alkyl carbamates (subject to hydrolysis) is 1. The third-order valence-electron chi connectivity index (χ3n) is 10.1. The van der Waals surface area contributed by atoms with Gasteiger partial charge in [0.15, 0.2) is 0 Å². The van der Waals surface area contributed by atoms with Gasteiger partial charge in [-0.15, -0.1) is 0 Å². The highest BCUT2D eigenvalue weighted by molar-refractivity contribution is 6.38. The van der Waals surface area contributed by atoms with Crippen molar-refractivity contribution in [3.63, 3.8) is 0 Å². The molecule has 0 bridgehead atoms. The molecule has 0 aromatic heterocycles. The molecular formula is C40H60F2N6O8. The summed E-state index contributed by atoms with van der Waals surface area (Å²) in [4.78, 5) is 96.3. The molecule has 0 spiro atoms. The van der Waals surface area contributed by atoms with Crippen LogP contribution in [0, 0.1) is 11.8 Å². The molecule has 14 nitrogen and oxygen atoms in total. The second kappa shape index (κ2) is 20.5. The Kier molecular flexibility index (Phi) is 16.8. The number of ketones is 1. The maximum atomic E-state index is 15.1. The summed E-state index contributed by atoms with van der Waals surface area (Å²) in [5.41, 5.74) is -0.351. The van der Waals surface area contributed by atoms with Gasteiger partial charge in [-0.2, -0.15) is 0 Å². The Morgan fingerprint density at radius 1 is 0.964 bits per heavy atom. The van der Waals surface area contributed by atoms with Gasteiger partial charge < -0.3 is 35.8 Å². The first-order chi connectivity index (χ1) is 26.2. The lowest BCUT2D eigenvalue weighted by Gasteiger charge is -2.30. The number of alkyl halides is 2. The Balaban J connectivity index is 1.85. The van der Waals surface area contributed by atoms with Crippen LogP contribution in [0.15, 0.2) is 30.3 Å². The summed E-state index contributed by atoms with van der Waals surface area (Å²) in [5, 5.41) is 9.92. The molecule has 1 aromatic carbocycles. The van der Waals surface area contributed by atoms with Crippen molar-refractivity contribution < 1.29 is 47.1 Å². The average Bonchev–Trinajstić information content (AvgIpc) is 3.58. The quantitative estimate of drug-likeness (QED) is 0.271. The van der Waals surface area contributed by atoms with Gasteiger partial charge in [-0.1, -0.05) is 69.9 Å². The van der Waals surface area contributed by atoms with Crippen LogP contribution in [-0.2, 0) is 33.5 Å². The minimum Gasteiger partial charge on any atom is -0.444 e. The SMILES string of the molecule is CC(C)C1C[C@H]2C(=O)N[C@H](C(=O)C(=O)NCC(=O)NC(C(=O)N(C)C)c3ccccc3)CCC(F)(F)CCCCCCC[C@H](NC(=O)OC(C)(C)C)C(=O)N2C1. The van der Waals surface area contributed by atoms with Crippen LogP contribution in [0.1, 0.15) is 110 Å². The summed E-state index contributed by atoms with van der Waals surface area (Å²) in [7, 11) is 3.03. The number of fused-ring (bicyclic) bond motifs is 1. The molecule has 2 aliphatic rings. The van der Waals surface area contributed by atoms with E-state index >= 15 is 8.78 Å². The molecule has 16 heteroatoms. The second-order valence-electron chi connectivity index (χ2n) is 16.4. The minimum absolute atomic E-state index is 0.0424.